The Kier molecular flexibility index (Phi) is 7.84. The van der Waals surface area contributed by atoms with Crippen molar-refractivity contribution in [2.75, 3.05) is 7.11 Å². The number of hydrogen-bond acceptors (Lipinski definition) is 5. The zero-order chi connectivity index (χ0) is 24.6. The highest BCUT2D eigenvalue weighted by molar-refractivity contribution is 7.98. The Balaban J connectivity index is 1.95. The van der Waals surface area contributed by atoms with Gasteiger partial charge in [-0.1, -0.05) is 53.3 Å². The van der Waals surface area contributed by atoms with Crippen LogP contribution < -0.4 is 9.46 Å². The monoisotopic (exact) mass is 510 g/mol. The van der Waals surface area contributed by atoms with E-state index in [1.165, 1.54) is 0 Å². The molecule has 1 N–H and O–H groups in total. The molecular weight excluding hydrogens is 479 g/mol. The minimum Gasteiger partial charge on any atom is -0.496 e. The smallest absolute Gasteiger partial charge is 0.410 e. The summed E-state index contributed by atoms with van der Waals surface area (Å²) in [6.07, 6.45) is -0.302. The van der Waals surface area contributed by atoms with Crippen LogP contribution in [-0.2, 0) is 17.8 Å². The van der Waals surface area contributed by atoms with E-state index in [1.807, 2.05) is 26.8 Å². The van der Waals surface area contributed by atoms with Gasteiger partial charge in [0, 0.05) is 29.5 Å². The molecule has 5 nitrogen and oxygen atoms in total. The lowest BCUT2D eigenvalue weighted by Crippen LogP contribution is -2.33. The molecule has 0 spiro atoms. The Morgan fingerprint density at radius 1 is 1.03 bits per heavy atom. The summed E-state index contributed by atoms with van der Waals surface area (Å²) in [4.78, 5) is 14.3. The molecule has 1 aliphatic rings. The molecule has 0 bridgehead atoms. The lowest BCUT2D eigenvalue weighted by Gasteiger charge is -2.26. The highest BCUT2D eigenvalue weighted by Gasteiger charge is 2.29. The van der Waals surface area contributed by atoms with E-state index in [2.05, 4.69) is 43.7 Å². The second-order valence-electron chi connectivity index (χ2n) is 10.1. The van der Waals surface area contributed by atoms with Crippen LogP contribution in [0.2, 0.25) is 10.0 Å². The highest BCUT2D eigenvalue weighted by Crippen LogP contribution is 2.39. The van der Waals surface area contributed by atoms with E-state index in [0.717, 1.165) is 22.3 Å². The van der Waals surface area contributed by atoms with Crippen LogP contribution in [0.5, 0.6) is 5.75 Å². The van der Waals surface area contributed by atoms with Crippen LogP contribution >= 0.6 is 35.1 Å². The van der Waals surface area contributed by atoms with Gasteiger partial charge in [-0.3, -0.25) is 9.62 Å². The van der Waals surface area contributed by atoms with Crippen molar-refractivity contribution in [3.63, 3.8) is 0 Å². The zero-order valence-corrected chi connectivity index (χ0v) is 22.5. The van der Waals surface area contributed by atoms with Crippen LogP contribution in [0.1, 0.15) is 69.8 Å². The van der Waals surface area contributed by atoms with Crippen molar-refractivity contribution in [3.8, 4) is 5.75 Å². The number of nitrogens with one attached hydrogen (secondary N) is 1. The maximum absolute atomic E-state index is 12.6. The van der Waals surface area contributed by atoms with Crippen molar-refractivity contribution in [1.82, 2.24) is 9.62 Å². The van der Waals surface area contributed by atoms with Crippen LogP contribution in [0.25, 0.3) is 0 Å². The summed E-state index contributed by atoms with van der Waals surface area (Å²) < 4.78 is 14.8. The molecule has 1 atom stereocenters. The summed E-state index contributed by atoms with van der Waals surface area (Å²) in [5, 5.41) is 0.915. The summed E-state index contributed by atoms with van der Waals surface area (Å²) in [6.45, 7) is 13.1. The van der Waals surface area contributed by atoms with E-state index < -0.39 is 5.60 Å². The summed E-state index contributed by atoms with van der Waals surface area (Å²) >= 11 is 14.3. The maximum atomic E-state index is 12.6. The minimum atomic E-state index is -0.527. The fraction of sp³-hybridized carbons (Fsp3) is 0.480. The van der Waals surface area contributed by atoms with Crippen molar-refractivity contribution in [2.24, 2.45) is 0 Å². The lowest BCUT2D eigenvalue weighted by atomic mass is 9.95. The third kappa shape index (κ3) is 6.72. The number of benzene rings is 2. The van der Waals surface area contributed by atoms with Gasteiger partial charge in [0.15, 0.2) is 0 Å². The Morgan fingerprint density at radius 3 is 2.27 bits per heavy atom. The van der Waals surface area contributed by atoms with Gasteiger partial charge in [0.25, 0.3) is 0 Å². The van der Waals surface area contributed by atoms with E-state index >= 15 is 0 Å². The third-order valence-corrected chi connectivity index (χ3v) is 6.69. The standard InChI is InChI=1S/C25H32Cl2N2O3S/c1-24(2,3)32-23(30)29-13-16-9-8-15(10-17(16)14-29)22(28-33-25(4,5)6)18-11-19(26)20(27)12-21(18)31-7/h8-12,22,28H,13-14H2,1-7H3. The number of methoxy groups -OCH3 is 1. The molecule has 3 rings (SSSR count). The molecule has 0 aliphatic carbocycles. The number of rotatable bonds is 5. The number of hydrogen-bond donors (Lipinski definition) is 1. The Morgan fingerprint density at radius 2 is 1.67 bits per heavy atom. The van der Waals surface area contributed by atoms with Gasteiger partial charge in [-0.25, -0.2) is 4.79 Å². The molecule has 33 heavy (non-hydrogen) atoms. The highest BCUT2D eigenvalue weighted by atomic mass is 35.5. The molecule has 8 heteroatoms. The van der Waals surface area contributed by atoms with Crippen LogP contribution in [0.4, 0.5) is 4.79 Å². The Hall–Kier alpha value is -1.60. The summed E-state index contributed by atoms with van der Waals surface area (Å²) in [7, 11) is 1.62. The van der Waals surface area contributed by atoms with Gasteiger partial charge in [0.05, 0.1) is 23.2 Å². The molecule has 1 unspecified atom stereocenters. The number of ether oxygens (including phenoxy) is 2. The van der Waals surface area contributed by atoms with Gasteiger partial charge in [-0.15, -0.1) is 0 Å². The average molecular weight is 512 g/mol. The first-order chi connectivity index (χ1) is 15.3. The number of carbonyl (C=O) groups excluding carboxylic acids is 1. The number of carbonyl (C=O) groups is 1. The van der Waals surface area contributed by atoms with Crippen LogP contribution in [0, 0.1) is 0 Å². The first-order valence-corrected chi connectivity index (χ1v) is 12.4. The SMILES string of the molecule is COc1cc(Cl)c(Cl)cc1C(NSC(C)(C)C)c1ccc2c(c1)CN(C(=O)OC(C)(C)C)C2. The van der Waals surface area contributed by atoms with Crippen LogP contribution in [0.15, 0.2) is 30.3 Å². The number of halogens is 2. The fourth-order valence-electron chi connectivity index (χ4n) is 3.54. The van der Waals surface area contributed by atoms with Crippen molar-refractivity contribution >= 4 is 41.2 Å². The van der Waals surface area contributed by atoms with Gasteiger partial charge >= 0.3 is 6.09 Å². The lowest BCUT2D eigenvalue weighted by molar-refractivity contribution is 0.0242. The van der Waals surface area contributed by atoms with Gasteiger partial charge in [0.1, 0.15) is 11.4 Å². The number of nitrogens with zero attached hydrogens (tertiary/aromatic N) is 1. The van der Waals surface area contributed by atoms with Crippen molar-refractivity contribution in [3.05, 3.63) is 62.6 Å². The largest absolute Gasteiger partial charge is 0.496 e. The predicted molar refractivity (Wildman–Crippen MR) is 137 cm³/mol. The molecule has 180 valence electrons. The summed E-state index contributed by atoms with van der Waals surface area (Å²) in [6, 6.07) is 9.70. The van der Waals surface area contributed by atoms with Gasteiger partial charge in [0.2, 0.25) is 0 Å². The molecule has 1 aliphatic heterocycles. The van der Waals surface area contributed by atoms with E-state index in [-0.39, 0.29) is 16.9 Å². The molecule has 0 aromatic heterocycles. The third-order valence-electron chi connectivity index (χ3n) is 5.00. The second kappa shape index (κ2) is 9.95. The quantitative estimate of drug-likeness (QED) is 0.425. The minimum absolute atomic E-state index is 0.00799. The first kappa shape index (κ1) is 26.0. The topological polar surface area (TPSA) is 50.8 Å². The average Bonchev–Trinajstić information content (AvgIpc) is 3.12. The molecule has 0 saturated carbocycles. The summed E-state index contributed by atoms with van der Waals surface area (Å²) in [5.74, 6) is 0.660. The molecule has 0 radical (unpaired) electrons. The van der Waals surface area contributed by atoms with Gasteiger partial charge < -0.3 is 9.47 Å². The predicted octanol–water partition coefficient (Wildman–Crippen LogP) is 7.38. The van der Waals surface area contributed by atoms with Crippen molar-refractivity contribution in [2.45, 2.75) is 71.0 Å². The van der Waals surface area contributed by atoms with Crippen molar-refractivity contribution < 1.29 is 14.3 Å². The van der Waals surface area contributed by atoms with E-state index in [9.17, 15) is 4.79 Å². The van der Waals surface area contributed by atoms with Gasteiger partial charge in [-0.05, 0) is 64.3 Å². The van der Waals surface area contributed by atoms with Crippen molar-refractivity contribution in [1.29, 1.82) is 0 Å². The zero-order valence-electron chi connectivity index (χ0n) is 20.2. The van der Waals surface area contributed by atoms with Crippen LogP contribution in [0.3, 0.4) is 0 Å². The van der Waals surface area contributed by atoms with E-state index in [4.69, 9.17) is 32.7 Å². The molecule has 0 saturated heterocycles. The fourth-order valence-corrected chi connectivity index (χ4v) is 4.60. The Labute approximate surface area is 211 Å². The molecular formula is C25H32Cl2N2O3S. The maximum Gasteiger partial charge on any atom is 0.410 e. The Bertz CT molecular complexity index is 1030. The number of fused-ring (bicyclic) bond motifs is 1. The molecule has 1 amide bonds. The van der Waals surface area contributed by atoms with Gasteiger partial charge in [-0.2, -0.15) is 0 Å². The number of amides is 1. The first-order valence-electron chi connectivity index (χ1n) is 10.8. The molecule has 2 aromatic carbocycles. The van der Waals surface area contributed by atoms with E-state index in [1.54, 1.807) is 30.0 Å². The summed E-state index contributed by atoms with van der Waals surface area (Å²) in [5.41, 5.74) is 3.64. The van der Waals surface area contributed by atoms with Crippen LogP contribution in [-0.4, -0.2) is 28.5 Å². The molecule has 0 fully saturated rings. The second-order valence-corrected chi connectivity index (χ2v) is 12.6. The molecule has 2 aromatic rings. The normalized spacial score (nSPS) is 14.8. The molecule has 1 heterocycles. The van der Waals surface area contributed by atoms with E-state index in [0.29, 0.717) is 28.9 Å².